The van der Waals surface area contributed by atoms with E-state index < -0.39 is 0 Å². The van der Waals surface area contributed by atoms with Gasteiger partial charge in [-0.15, -0.1) is 0 Å². The molecular weight excluding hydrogens is 230 g/mol. The lowest BCUT2D eigenvalue weighted by molar-refractivity contribution is -0.129. The molecular formula is C12H21N5O. The SMILES string of the molecule is CCNc1cnc(CN(C)CC(=O)N(C)C)cn1. The molecule has 6 nitrogen and oxygen atoms in total. The fourth-order valence-corrected chi connectivity index (χ4v) is 1.41. The van der Waals surface area contributed by atoms with Crippen molar-refractivity contribution in [2.24, 2.45) is 0 Å². The van der Waals surface area contributed by atoms with E-state index in [-0.39, 0.29) is 5.91 Å². The summed E-state index contributed by atoms with van der Waals surface area (Å²) in [6, 6.07) is 0. The van der Waals surface area contributed by atoms with Gasteiger partial charge in [0.1, 0.15) is 5.82 Å². The van der Waals surface area contributed by atoms with Crippen LogP contribution in [-0.4, -0.2) is 59.9 Å². The average Bonchev–Trinajstić information content (AvgIpc) is 2.31. The van der Waals surface area contributed by atoms with Crippen molar-refractivity contribution in [2.45, 2.75) is 13.5 Å². The van der Waals surface area contributed by atoms with Gasteiger partial charge in [-0.25, -0.2) is 4.98 Å². The third kappa shape index (κ3) is 4.67. The quantitative estimate of drug-likeness (QED) is 0.794. The molecule has 1 rings (SSSR count). The number of anilines is 1. The molecule has 0 saturated heterocycles. The third-order valence-electron chi connectivity index (χ3n) is 2.40. The van der Waals surface area contributed by atoms with Gasteiger partial charge in [-0.2, -0.15) is 0 Å². The Hall–Kier alpha value is -1.69. The first-order valence-corrected chi connectivity index (χ1v) is 5.96. The monoisotopic (exact) mass is 251 g/mol. The Morgan fingerprint density at radius 3 is 2.50 bits per heavy atom. The summed E-state index contributed by atoms with van der Waals surface area (Å²) < 4.78 is 0. The van der Waals surface area contributed by atoms with Crippen LogP contribution < -0.4 is 5.32 Å². The van der Waals surface area contributed by atoms with E-state index in [1.54, 1.807) is 31.4 Å². The van der Waals surface area contributed by atoms with Gasteiger partial charge in [-0.1, -0.05) is 0 Å². The minimum atomic E-state index is 0.0785. The molecule has 0 saturated carbocycles. The molecule has 1 N–H and O–H groups in total. The van der Waals surface area contributed by atoms with Crippen molar-refractivity contribution in [1.29, 1.82) is 0 Å². The highest BCUT2D eigenvalue weighted by molar-refractivity contribution is 5.77. The molecule has 0 unspecified atom stereocenters. The maximum Gasteiger partial charge on any atom is 0.236 e. The number of amides is 1. The van der Waals surface area contributed by atoms with Gasteiger partial charge in [-0.3, -0.25) is 14.7 Å². The summed E-state index contributed by atoms with van der Waals surface area (Å²) in [6.07, 6.45) is 3.44. The molecule has 1 aromatic rings. The number of rotatable bonds is 6. The maximum absolute atomic E-state index is 11.5. The summed E-state index contributed by atoms with van der Waals surface area (Å²) in [5.41, 5.74) is 0.853. The molecule has 1 heterocycles. The first-order valence-electron chi connectivity index (χ1n) is 5.96. The standard InChI is InChI=1S/C12H21N5O/c1-5-13-11-7-14-10(6-15-11)8-17(4)9-12(18)16(2)3/h6-7H,5,8-9H2,1-4H3,(H,13,15). The third-order valence-corrected chi connectivity index (χ3v) is 2.40. The molecule has 100 valence electrons. The zero-order valence-electron chi connectivity index (χ0n) is 11.5. The molecule has 1 amide bonds. The molecule has 0 aliphatic carbocycles. The van der Waals surface area contributed by atoms with Crippen molar-refractivity contribution >= 4 is 11.7 Å². The van der Waals surface area contributed by atoms with E-state index in [9.17, 15) is 4.79 Å². The van der Waals surface area contributed by atoms with Gasteiger partial charge in [-0.05, 0) is 14.0 Å². The van der Waals surface area contributed by atoms with E-state index in [1.807, 2.05) is 18.9 Å². The van der Waals surface area contributed by atoms with Crippen LogP contribution in [-0.2, 0) is 11.3 Å². The van der Waals surface area contributed by atoms with Crippen LogP contribution in [0.25, 0.3) is 0 Å². The molecule has 0 spiro atoms. The minimum absolute atomic E-state index is 0.0785. The highest BCUT2D eigenvalue weighted by atomic mass is 16.2. The fraction of sp³-hybridized carbons (Fsp3) is 0.583. The summed E-state index contributed by atoms with van der Waals surface area (Å²) >= 11 is 0. The number of carbonyl (C=O) groups is 1. The van der Waals surface area contributed by atoms with Crippen LogP contribution in [0, 0.1) is 0 Å². The Kier molecular flexibility index (Phi) is 5.51. The number of aromatic nitrogens is 2. The number of nitrogens with one attached hydrogen (secondary N) is 1. The van der Waals surface area contributed by atoms with Crippen molar-refractivity contribution in [2.75, 3.05) is 39.5 Å². The van der Waals surface area contributed by atoms with E-state index in [1.165, 1.54) is 0 Å². The van der Waals surface area contributed by atoms with Gasteiger partial charge in [0.25, 0.3) is 0 Å². The first-order chi connectivity index (χ1) is 8.52. The maximum atomic E-state index is 11.5. The second-order valence-corrected chi connectivity index (χ2v) is 4.38. The van der Waals surface area contributed by atoms with Gasteiger partial charge < -0.3 is 10.2 Å². The van der Waals surface area contributed by atoms with Crippen LogP contribution in [0.4, 0.5) is 5.82 Å². The van der Waals surface area contributed by atoms with Crippen molar-refractivity contribution in [3.8, 4) is 0 Å². The molecule has 0 aliphatic rings. The molecule has 1 aromatic heterocycles. The molecule has 0 atom stereocenters. The molecule has 0 bridgehead atoms. The van der Waals surface area contributed by atoms with Crippen LogP contribution in [0.1, 0.15) is 12.6 Å². The largest absolute Gasteiger partial charge is 0.369 e. The summed E-state index contributed by atoms with van der Waals surface area (Å²) in [7, 11) is 5.39. The Bertz CT molecular complexity index is 377. The van der Waals surface area contributed by atoms with Gasteiger partial charge in [0.2, 0.25) is 5.91 Å². The fourth-order valence-electron chi connectivity index (χ4n) is 1.41. The highest BCUT2D eigenvalue weighted by Crippen LogP contribution is 2.03. The lowest BCUT2D eigenvalue weighted by Crippen LogP contribution is -2.34. The number of likely N-dealkylation sites (N-methyl/N-ethyl adjacent to an activating group) is 2. The van der Waals surface area contributed by atoms with Crippen LogP contribution >= 0.6 is 0 Å². The Morgan fingerprint density at radius 2 is 2.00 bits per heavy atom. The topological polar surface area (TPSA) is 61.4 Å². The van der Waals surface area contributed by atoms with E-state index in [4.69, 9.17) is 0 Å². The van der Waals surface area contributed by atoms with Crippen molar-refractivity contribution in [3.63, 3.8) is 0 Å². The van der Waals surface area contributed by atoms with Gasteiger partial charge in [0, 0.05) is 27.2 Å². The van der Waals surface area contributed by atoms with E-state index in [0.717, 1.165) is 18.1 Å². The van der Waals surface area contributed by atoms with Gasteiger partial charge in [0.15, 0.2) is 0 Å². The number of hydrogen-bond acceptors (Lipinski definition) is 5. The summed E-state index contributed by atoms with van der Waals surface area (Å²) in [5, 5.41) is 3.09. The van der Waals surface area contributed by atoms with Crippen molar-refractivity contribution in [1.82, 2.24) is 19.8 Å². The molecule has 0 fully saturated rings. The smallest absolute Gasteiger partial charge is 0.236 e. The normalized spacial score (nSPS) is 10.5. The van der Waals surface area contributed by atoms with Crippen LogP contribution in [0.3, 0.4) is 0 Å². The zero-order chi connectivity index (χ0) is 13.5. The molecule has 0 radical (unpaired) electrons. The summed E-state index contributed by atoms with van der Waals surface area (Å²) in [6.45, 7) is 3.82. The number of hydrogen-bond donors (Lipinski definition) is 1. The summed E-state index contributed by atoms with van der Waals surface area (Å²) in [4.78, 5) is 23.6. The van der Waals surface area contributed by atoms with Crippen LogP contribution in [0.15, 0.2) is 12.4 Å². The zero-order valence-corrected chi connectivity index (χ0v) is 11.5. The Labute approximate surface area is 108 Å². The predicted octanol–water partition coefficient (Wildman–Crippen LogP) is 0.428. The highest BCUT2D eigenvalue weighted by Gasteiger charge is 2.09. The Balaban J connectivity index is 2.49. The number of carbonyl (C=O) groups excluding carboxylic acids is 1. The van der Waals surface area contributed by atoms with Crippen molar-refractivity contribution < 1.29 is 4.79 Å². The van der Waals surface area contributed by atoms with Crippen molar-refractivity contribution in [3.05, 3.63) is 18.1 Å². The van der Waals surface area contributed by atoms with Gasteiger partial charge >= 0.3 is 0 Å². The van der Waals surface area contributed by atoms with Gasteiger partial charge in [0.05, 0.1) is 24.6 Å². The molecule has 6 heteroatoms. The predicted molar refractivity (Wildman–Crippen MR) is 71.2 cm³/mol. The molecule has 0 aromatic carbocycles. The second-order valence-electron chi connectivity index (χ2n) is 4.38. The number of nitrogens with zero attached hydrogens (tertiary/aromatic N) is 4. The van der Waals surface area contributed by atoms with E-state index in [2.05, 4.69) is 15.3 Å². The lowest BCUT2D eigenvalue weighted by atomic mass is 10.4. The second kappa shape index (κ2) is 6.90. The molecule has 0 aliphatic heterocycles. The first kappa shape index (κ1) is 14.4. The molecule has 18 heavy (non-hydrogen) atoms. The minimum Gasteiger partial charge on any atom is -0.369 e. The average molecular weight is 251 g/mol. The summed E-state index contributed by atoms with van der Waals surface area (Å²) in [5.74, 6) is 0.850. The van der Waals surface area contributed by atoms with Crippen LogP contribution in [0.2, 0.25) is 0 Å². The van der Waals surface area contributed by atoms with E-state index in [0.29, 0.717) is 13.1 Å². The van der Waals surface area contributed by atoms with Crippen LogP contribution in [0.5, 0.6) is 0 Å². The van der Waals surface area contributed by atoms with E-state index >= 15 is 0 Å². The Morgan fingerprint density at radius 1 is 1.28 bits per heavy atom. The lowest BCUT2D eigenvalue weighted by Gasteiger charge is -2.18.